The fourth-order valence-corrected chi connectivity index (χ4v) is 3.68. The Morgan fingerprint density at radius 2 is 1.50 bits per heavy atom. The van der Waals surface area contributed by atoms with E-state index in [0.29, 0.717) is 0 Å². The molecule has 0 unspecified atom stereocenters. The van der Waals surface area contributed by atoms with Crippen LogP contribution in [-0.4, -0.2) is 0 Å². The molecule has 2 nitrogen and oxygen atoms in total. The number of hydrogen-bond acceptors (Lipinski definition) is 2. The molecule has 0 bridgehead atoms. The van der Waals surface area contributed by atoms with Crippen molar-refractivity contribution in [1.29, 1.82) is 0 Å². The van der Waals surface area contributed by atoms with Gasteiger partial charge in [-0.05, 0) is 17.7 Å². The van der Waals surface area contributed by atoms with Crippen LogP contribution in [0.1, 0.15) is 19.8 Å². The van der Waals surface area contributed by atoms with Gasteiger partial charge in [-0.25, -0.2) is 0 Å². The van der Waals surface area contributed by atoms with Gasteiger partial charge in [-0.2, -0.15) is 4.57 Å². The Kier molecular flexibility index (Phi) is 4.54. The van der Waals surface area contributed by atoms with Gasteiger partial charge in [0.05, 0.1) is 10.4 Å². The highest BCUT2D eigenvalue weighted by molar-refractivity contribution is 7.18. The lowest BCUT2D eigenvalue weighted by molar-refractivity contribution is -0.721. The maximum absolute atomic E-state index is 12.8. The molecule has 0 N–H and O–H groups in total. The second-order valence-electron chi connectivity index (χ2n) is 5.28. The van der Waals surface area contributed by atoms with Crippen molar-refractivity contribution in [2.45, 2.75) is 26.3 Å². The van der Waals surface area contributed by atoms with Crippen molar-refractivity contribution in [3.05, 3.63) is 60.7 Å². The normalized spacial score (nSPS) is 10.8. The monoisotopic (exact) mass is 309 g/mol. The maximum Gasteiger partial charge on any atom is 0.269 e. The molecule has 3 aromatic rings. The zero-order chi connectivity index (χ0) is 15.4. The van der Waals surface area contributed by atoms with Crippen LogP contribution in [0.4, 0.5) is 0 Å². The van der Waals surface area contributed by atoms with Gasteiger partial charge in [0, 0.05) is 6.42 Å². The van der Waals surface area contributed by atoms with Crippen molar-refractivity contribution in [3.8, 4) is 26.9 Å². The number of rotatable bonds is 5. The van der Waals surface area contributed by atoms with Gasteiger partial charge >= 0.3 is 0 Å². The Balaban J connectivity index is 2.12. The van der Waals surface area contributed by atoms with Gasteiger partial charge in [0.1, 0.15) is 6.54 Å². The molecule has 0 aliphatic heterocycles. The number of benzene rings is 2. The molecule has 0 spiro atoms. The third kappa shape index (κ3) is 2.90. The first-order chi connectivity index (χ1) is 10.8. The predicted octanol–water partition coefficient (Wildman–Crippen LogP) is 4.24. The summed E-state index contributed by atoms with van der Waals surface area (Å²) < 4.78 is 1.94. The van der Waals surface area contributed by atoms with E-state index >= 15 is 0 Å². The fourth-order valence-electron chi connectivity index (χ4n) is 2.50. The van der Waals surface area contributed by atoms with E-state index in [1.165, 1.54) is 0 Å². The first kappa shape index (κ1) is 14.8. The molecule has 0 aliphatic rings. The third-order valence-corrected chi connectivity index (χ3v) is 4.94. The lowest BCUT2D eigenvalue weighted by Crippen LogP contribution is -2.37. The molecule has 2 aromatic carbocycles. The SMILES string of the molecule is CCCC[n+]1c(-c2ccccc2)sc(-c2ccccc2)c1[O-]. The molecule has 3 heteroatoms. The molecule has 0 radical (unpaired) electrons. The average molecular weight is 309 g/mol. The highest BCUT2D eigenvalue weighted by atomic mass is 32.1. The lowest BCUT2D eigenvalue weighted by Gasteiger charge is -2.05. The molecular weight excluding hydrogens is 290 g/mol. The number of aromatic nitrogens is 1. The summed E-state index contributed by atoms with van der Waals surface area (Å²) >= 11 is 1.59. The molecule has 0 saturated carbocycles. The van der Waals surface area contributed by atoms with Crippen LogP contribution >= 0.6 is 11.3 Å². The highest BCUT2D eigenvalue weighted by Crippen LogP contribution is 2.36. The molecule has 0 atom stereocenters. The summed E-state index contributed by atoms with van der Waals surface area (Å²) in [5.41, 5.74) is 2.12. The molecule has 112 valence electrons. The van der Waals surface area contributed by atoms with Crippen molar-refractivity contribution in [1.82, 2.24) is 0 Å². The Morgan fingerprint density at radius 3 is 2.09 bits per heavy atom. The van der Waals surface area contributed by atoms with Gasteiger partial charge in [0.15, 0.2) is 5.88 Å². The van der Waals surface area contributed by atoms with Crippen molar-refractivity contribution < 1.29 is 9.67 Å². The summed E-state index contributed by atoms with van der Waals surface area (Å²) in [4.78, 5) is 0.829. The van der Waals surface area contributed by atoms with E-state index in [0.717, 1.165) is 40.4 Å². The van der Waals surface area contributed by atoms with Crippen molar-refractivity contribution in [3.63, 3.8) is 0 Å². The van der Waals surface area contributed by atoms with E-state index < -0.39 is 0 Å². The summed E-state index contributed by atoms with van der Waals surface area (Å²) in [6.07, 6.45) is 2.10. The van der Waals surface area contributed by atoms with E-state index in [1.54, 1.807) is 11.3 Å². The first-order valence-electron chi connectivity index (χ1n) is 7.65. The van der Waals surface area contributed by atoms with Gasteiger partial charge in [-0.1, -0.05) is 73.2 Å². The fraction of sp³-hybridized carbons (Fsp3) is 0.211. The van der Waals surface area contributed by atoms with Gasteiger partial charge < -0.3 is 5.11 Å². The van der Waals surface area contributed by atoms with Crippen molar-refractivity contribution >= 4 is 11.3 Å². The second-order valence-corrected chi connectivity index (χ2v) is 6.28. The van der Waals surface area contributed by atoms with Crippen LogP contribution in [0, 0.1) is 0 Å². The van der Waals surface area contributed by atoms with Crippen LogP contribution < -0.4 is 9.67 Å². The lowest BCUT2D eigenvalue weighted by atomic mass is 10.2. The van der Waals surface area contributed by atoms with E-state index in [-0.39, 0.29) is 5.88 Å². The van der Waals surface area contributed by atoms with Crippen molar-refractivity contribution in [2.75, 3.05) is 0 Å². The molecule has 3 rings (SSSR count). The first-order valence-corrected chi connectivity index (χ1v) is 8.47. The van der Waals surface area contributed by atoms with Gasteiger partial charge in [0.25, 0.3) is 5.01 Å². The van der Waals surface area contributed by atoms with Crippen LogP contribution in [0.15, 0.2) is 60.7 Å². The van der Waals surface area contributed by atoms with E-state index in [9.17, 15) is 5.11 Å². The summed E-state index contributed by atoms with van der Waals surface area (Å²) in [6, 6.07) is 20.1. The van der Waals surface area contributed by atoms with E-state index in [2.05, 4.69) is 19.1 Å². The Labute approximate surface area is 135 Å². The van der Waals surface area contributed by atoms with Gasteiger partial charge in [-0.15, -0.1) is 0 Å². The molecular formula is C19H19NOS. The average Bonchev–Trinajstić information content (AvgIpc) is 2.91. The minimum Gasteiger partial charge on any atom is -0.822 e. The Bertz CT molecular complexity index is 735. The molecule has 0 amide bonds. The van der Waals surface area contributed by atoms with Crippen LogP contribution in [0.3, 0.4) is 0 Å². The summed E-state index contributed by atoms with van der Waals surface area (Å²) in [7, 11) is 0. The quantitative estimate of drug-likeness (QED) is 0.647. The summed E-state index contributed by atoms with van der Waals surface area (Å²) in [5.74, 6) is 0.128. The minimum atomic E-state index is 0.128. The van der Waals surface area contributed by atoms with Gasteiger partial charge in [-0.3, -0.25) is 0 Å². The minimum absolute atomic E-state index is 0.128. The topological polar surface area (TPSA) is 26.9 Å². The van der Waals surface area contributed by atoms with E-state index in [4.69, 9.17) is 0 Å². The van der Waals surface area contributed by atoms with Crippen molar-refractivity contribution in [2.24, 2.45) is 0 Å². The molecule has 0 saturated heterocycles. The maximum atomic E-state index is 12.8. The third-order valence-electron chi connectivity index (χ3n) is 3.68. The van der Waals surface area contributed by atoms with Crippen LogP contribution in [0.25, 0.3) is 21.0 Å². The number of thiazole rings is 1. The Morgan fingerprint density at radius 1 is 0.909 bits per heavy atom. The summed E-state index contributed by atoms with van der Waals surface area (Å²) in [5, 5.41) is 13.9. The molecule has 0 fully saturated rings. The zero-order valence-corrected chi connectivity index (χ0v) is 13.5. The molecule has 1 aromatic heterocycles. The zero-order valence-electron chi connectivity index (χ0n) is 12.7. The van der Waals surface area contributed by atoms with Crippen LogP contribution in [0.5, 0.6) is 5.88 Å². The summed E-state index contributed by atoms with van der Waals surface area (Å²) in [6.45, 7) is 2.93. The Hall–Kier alpha value is -2.13. The number of hydrogen-bond donors (Lipinski definition) is 0. The molecule has 1 heterocycles. The predicted molar refractivity (Wildman–Crippen MR) is 89.7 cm³/mol. The number of unbranched alkanes of at least 4 members (excludes halogenated alkanes) is 1. The van der Waals surface area contributed by atoms with E-state index in [1.807, 2.05) is 53.1 Å². The molecule has 0 aliphatic carbocycles. The standard InChI is InChI=1S/C19H19NOS/c1-2-3-14-20-18(21)17(15-10-6-4-7-11-15)22-19(20)16-12-8-5-9-13-16/h4-13H,2-3,14H2,1H3. The highest BCUT2D eigenvalue weighted by Gasteiger charge is 2.22. The van der Waals surface area contributed by atoms with Crippen LogP contribution in [-0.2, 0) is 6.54 Å². The van der Waals surface area contributed by atoms with Crippen LogP contribution in [0.2, 0.25) is 0 Å². The van der Waals surface area contributed by atoms with Gasteiger partial charge in [0.2, 0.25) is 0 Å². The molecule has 22 heavy (non-hydrogen) atoms. The number of nitrogens with zero attached hydrogens (tertiary/aromatic N) is 1. The largest absolute Gasteiger partial charge is 0.822 e. The smallest absolute Gasteiger partial charge is 0.269 e. The second kappa shape index (κ2) is 6.75.